The van der Waals surface area contributed by atoms with E-state index < -0.39 is 6.86 Å². The molecule has 0 spiro atoms. The average Bonchev–Trinajstić information content (AvgIpc) is 1.41. The maximum Gasteiger partial charge on any atom is 0.258 e. The predicted molar refractivity (Wildman–Crippen MR) is 12.9 cm³/mol. The Balaban J connectivity index is 2.40. The lowest BCUT2D eigenvalue weighted by Gasteiger charge is -1.72. The highest BCUT2D eigenvalue weighted by Gasteiger charge is 1.66. The molecule has 0 saturated carbocycles. The maximum absolute atomic E-state index is 10.5. The molecule has 0 heterocycles. The number of nitrogens with zero attached hydrogens (tertiary/aromatic N) is 1. The second-order valence-corrected chi connectivity index (χ2v) is 0.313. The molecule has 0 radical (unpaired) electrons. The lowest BCUT2D eigenvalue weighted by molar-refractivity contribution is 0.0601. The van der Waals surface area contributed by atoms with Gasteiger partial charge in [0.15, 0.2) is 5.34 Å². The van der Waals surface area contributed by atoms with E-state index in [2.05, 4.69) is 4.84 Å². The highest BCUT2D eigenvalue weighted by atomic mass is 19.1. The molecular weight excluding hydrogens is 77.0 g/mol. The summed E-state index contributed by atoms with van der Waals surface area (Å²) in [6.07, 6.45) is 0. The molecule has 0 fully saturated rings. The lowest BCUT2D eigenvalue weighted by Crippen LogP contribution is -1.69. The molecule has 30 valence electrons. The maximum atomic E-state index is 10.5. The Morgan fingerprint density at radius 3 is 2.60 bits per heavy atom. The van der Waals surface area contributed by atoms with Crippen molar-refractivity contribution in [2.24, 2.45) is 5.34 Å². The summed E-state index contributed by atoms with van der Waals surface area (Å²) in [7, 11) is 0. The number of alkyl halides is 1. The topological polar surface area (TPSA) is 38.7 Å². The molecule has 5 heavy (non-hydrogen) atoms. The van der Waals surface area contributed by atoms with E-state index in [1.807, 2.05) is 0 Å². The van der Waals surface area contributed by atoms with Gasteiger partial charge >= 0.3 is 0 Å². The first-order valence-electron chi connectivity index (χ1n) is 0.921. The van der Waals surface area contributed by atoms with Gasteiger partial charge in [0.05, 0.1) is 0 Å². The van der Waals surface area contributed by atoms with E-state index in [1.54, 1.807) is 5.34 Å². The Morgan fingerprint density at radius 1 is 2.00 bits per heavy atom. The molecule has 0 atom stereocenters. The Labute approximate surface area is 27.7 Å². The molecule has 4 heteroatoms. The molecule has 0 aromatic carbocycles. The van der Waals surface area contributed by atoms with Crippen molar-refractivity contribution in [2.75, 3.05) is 6.86 Å². The summed E-state index contributed by atoms with van der Waals surface area (Å²) in [6.45, 7) is -1.14. The van der Waals surface area contributed by atoms with Crippen molar-refractivity contribution >= 4 is 0 Å². The summed E-state index contributed by atoms with van der Waals surface area (Å²) in [5, 5.41) is 1.73. The fourth-order valence-corrected chi connectivity index (χ4v) is 0.0199. The van der Waals surface area contributed by atoms with Crippen molar-refractivity contribution in [3.8, 4) is 0 Å². The van der Waals surface area contributed by atoms with E-state index in [-0.39, 0.29) is 0 Å². The number of halogens is 1. The zero-order chi connectivity index (χ0) is 4.12. The summed E-state index contributed by atoms with van der Waals surface area (Å²) >= 11 is 0. The number of hydrogen-bond donors (Lipinski definition) is 0. The SMILES string of the molecule is O=NOCF. The monoisotopic (exact) mass is 79.0 g/mol. The summed E-state index contributed by atoms with van der Waals surface area (Å²) in [4.78, 5) is 11.9. The third kappa shape index (κ3) is 3.33. The number of hydrogen-bond acceptors (Lipinski definition) is 3. The highest BCUT2D eigenvalue weighted by Crippen LogP contribution is 1.68. The van der Waals surface area contributed by atoms with Gasteiger partial charge in [-0.15, -0.1) is 4.91 Å². The third-order valence-electron chi connectivity index (χ3n) is 0.101. The molecule has 3 nitrogen and oxygen atoms in total. The molecule has 0 amide bonds. The van der Waals surface area contributed by atoms with E-state index in [1.165, 1.54) is 0 Å². The molecule has 0 aromatic heterocycles. The van der Waals surface area contributed by atoms with Crippen LogP contribution in [0.5, 0.6) is 0 Å². The van der Waals surface area contributed by atoms with Crippen LogP contribution in [0, 0.1) is 4.91 Å². The Morgan fingerprint density at radius 2 is 2.60 bits per heavy atom. The molecule has 0 aliphatic heterocycles. The van der Waals surface area contributed by atoms with Gasteiger partial charge in [0, 0.05) is 0 Å². The van der Waals surface area contributed by atoms with Crippen molar-refractivity contribution in [2.45, 2.75) is 0 Å². The minimum absolute atomic E-state index is 1.14. The number of rotatable bonds is 2. The Bertz CT molecular complexity index is 30.8. The zero-order valence-electron chi connectivity index (χ0n) is 2.35. The van der Waals surface area contributed by atoms with Crippen molar-refractivity contribution < 1.29 is 9.23 Å². The zero-order valence-corrected chi connectivity index (χ0v) is 2.35. The van der Waals surface area contributed by atoms with Gasteiger partial charge in [0.2, 0.25) is 0 Å². The van der Waals surface area contributed by atoms with E-state index in [0.717, 1.165) is 0 Å². The van der Waals surface area contributed by atoms with E-state index in [0.29, 0.717) is 0 Å². The van der Waals surface area contributed by atoms with Gasteiger partial charge in [0.25, 0.3) is 6.86 Å². The minimum Gasteiger partial charge on any atom is -0.330 e. The molecule has 0 aliphatic carbocycles. The average molecular weight is 79.0 g/mol. The van der Waals surface area contributed by atoms with Crippen molar-refractivity contribution in [1.29, 1.82) is 0 Å². The van der Waals surface area contributed by atoms with Gasteiger partial charge in [-0.3, -0.25) is 0 Å². The normalized spacial score (nSPS) is 6.60. The van der Waals surface area contributed by atoms with Gasteiger partial charge in [-0.1, -0.05) is 0 Å². The van der Waals surface area contributed by atoms with Crippen LogP contribution in [-0.4, -0.2) is 6.86 Å². The molecule has 0 unspecified atom stereocenters. The van der Waals surface area contributed by atoms with Crippen LogP contribution in [0.25, 0.3) is 0 Å². The molecule has 0 aliphatic rings. The summed E-state index contributed by atoms with van der Waals surface area (Å²) in [5.74, 6) is 0. The van der Waals surface area contributed by atoms with Gasteiger partial charge < -0.3 is 4.84 Å². The van der Waals surface area contributed by atoms with Crippen molar-refractivity contribution in [1.82, 2.24) is 0 Å². The molecule has 0 bridgehead atoms. The van der Waals surface area contributed by atoms with Gasteiger partial charge in [0.1, 0.15) is 0 Å². The first kappa shape index (κ1) is 4.33. The largest absolute Gasteiger partial charge is 0.330 e. The Kier molecular flexibility index (Phi) is 2.88. The molecule has 0 rings (SSSR count). The van der Waals surface area contributed by atoms with Crippen LogP contribution in [0.15, 0.2) is 5.34 Å². The van der Waals surface area contributed by atoms with Crippen LogP contribution >= 0.6 is 0 Å². The van der Waals surface area contributed by atoms with E-state index in [4.69, 9.17) is 4.91 Å². The lowest BCUT2D eigenvalue weighted by atomic mass is 11.6. The molecule has 0 N–H and O–H groups in total. The van der Waals surface area contributed by atoms with Crippen LogP contribution in [0.1, 0.15) is 0 Å². The van der Waals surface area contributed by atoms with Crippen LogP contribution in [0.3, 0.4) is 0 Å². The van der Waals surface area contributed by atoms with Crippen molar-refractivity contribution in [3.63, 3.8) is 0 Å². The second-order valence-electron chi connectivity index (χ2n) is 0.313. The van der Waals surface area contributed by atoms with Gasteiger partial charge in [-0.05, 0) is 0 Å². The third-order valence-corrected chi connectivity index (χ3v) is 0.101. The van der Waals surface area contributed by atoms with Gasteiger partial charge in [-0.25, -0.2) is 4.39 Å². The second kappa shape index (κ2) is 3.33. The fourth-order valence-electron chi connectivity index (χ4n) is 0.0199. The van der Waals surface area contributed by atoms with Crippen molar-refractivity contribution in [3.05, 3.63) is 4.91 Å². The minimum atomic E-state index is -1.14. The summed E-state index contributed by atoms with van der Waals surface area (Å²) in [5.41, 5.74) is 0. The van der Waals surface area contributed by atoms with Crippen LogP contribution in [-0.2, 0) is 4.84 Å². The molecular formula is CH2FNO2. The van der Waals surface area contributed by atoms with E-state index in [9.17, 15) is 4.39 Å². The van der Waals surface area contributed by atoms with Crippen LogP contribution in [0.2, 0.25) is 0 Å². The summed E-state index contributed by atoms with van der Waals surface area (Å²) in [6, 6.07) is 0. The summed E-state index contributed by atoms with van der Waals surface area (Å²) < 4.78 is 10.5. The quantitative estimate of drug-likeness (QED) is 0.359. The Hall–Kier alpha value is -0.670. The molecule has 0 saturated heterocycles. The predicted octanol–water partition coefficient (Wildman–Crippen LogP) is 0.611. The van der Waals surface area contributed by atoms with Crippen LogP contribution < -0.4 is 0 Å². The van der Waals surface area contributed by atoms with Gasteiger partial charge in [-0.2, -0.15) is 0 Å². The standard InChI is InChI=1S/CH2FNO2/c2-1-5-3-4/h1H2. The first-order chi connectivity index (χ1) is 2.41. The first-order valence-corrected chi connectivity index (χ1v) is 0.921. The molecule has 0 aromatic rings. The van der Waals surface area contributed by atoms with Crippen LogP contribution in [0.4, 0.5) is 4.39 Å². The highest BCUT2D eigenvalue weighted by molar-refractivity contribution is 3.93. The smallest absolute Gasteiger partial charge is 0.258 e. The fraction of sp³-hybridized carbons (Fsp3) is 1.00. The van der Waals surface area contributed by atoms with E-state index >= 15 is 0 Å².